The zero-order chi connectivity index (χ0) is 19.3. The van der Waals surface area contributed by atoms with Crippen molar-refractivity contribution in [3.8, 4) is 27.8 Å². The van der Waals surface area contributed by atoms with E-state index in [4.69, 9.17) is 14.5 Å². The van der Waals surface area contributed by atoms with Crippen LogP contribution >= 0.6 is 23.1 Å². The van der Waals surface area contributed by atoms with Crippen LogP contribution in [0.15, 0.2) is 65.4 Å². The van der Waals surface area contributed by atoms with E-state index in [1.54, 1.807) is 43.6 Å². The normalized spacial score (nSPS) is 10.8. The zero-order valence-corrected chi connectivity index (χ0v) is 17.0. The van der Waals surface area contributed by atoms with Gasteiger partial charge in [-0.1, -0.05) is 23.9 Å². The van der Waals surface area contributed by atoms with Gasteiger partial charge in [-0.05, 0) is 36.4 Å². The molecule has 0 spiro atoms. The van der Waals surface area contributed by atoms with Gasteiger partial charge in [0.05, 0.1) is 25.6 Å². The van der Waals surface area contributed by atoms with E-state index in [1.165, 1.54) is 0 Å². The molecule has 0 aliphatic carbocycles. The molecule has 28 heavy (non-hydrogen) atoms. The average Bonchev–Trinajstić information content (AvgIpc) is 3.41. The summed E-state index contributed by atoms with van der Waals surface area (Å²) < 4.78 is 12.6. The van der Waals surface area contributed by atoms with Crippen LogP contribution in [0.4, 0.5) is 0 Å². The van der Waals surface area contributed by atoms with Crippen molar-refractivity contribution < 1.29 is 9.47 Å². The van der Waals surface area contributed by atoms with Crippen LogP contribution in [0.1, 0.15) is 5.69 Å². The van der Waals surface area contributed by atoms with E-state index >= 15 is 0 Å². The molecule has 0 N–H and O–H groups in total. The van der Waals surface area contributed by atoms with Crippen LogP contribution in [0.3, 0.4) is 0 Å². The molecule has 2 aromatic heterocycles. The lowest BCUT2D eigenvalue weighted by Crippen LogP contribution is -1.98. The van der Waals surface area contributed by atoms with E-state index in [-0.39, 0.29) is 0 Å². The second-order valence-corrected chi connectivity index (χ2v) is 7.62. The van der Waals surface area contributed by atoms with E-state index in [1.807, 2.05) is 53.1 Å². The third-order valence-electron chi connectivity index (χ3n) is 4.10. The van der Waals surface area contributed by atoms with Gasteiger partial charge in [0.2, 0.25) is 0 Å². The predicted octanol–water partition coefficient (Wildman–Crippen LogP) is 4.70. The molecule has 0 radical (unpaired) electrons. The molecule has 0 saturated heterocycles. The highest BCUT2D eigenvalue weighted by Gasteiger charge is 2.12. The molecule has 4 aromatic rings. The number of hydrogen-bond donors (Lipinski definition) is 0. The highest BCUT2D eigenvalue weighted by atomic mass is 32.2. The lowest BCUT2D eigenvalue weighted by molar-refractivity contribution is 0.412. The van der Waals surface area contributed by atoms with Crippen LogP contribution < -0.4 is 9.47 Å². The minimum absolute atomic E-state index is 0.709. The van der Waals surface area contributed by atoms with Crippen molar-refractivity contribution in [2.75, 3.05) is 14.2 Å². The van der Waals surface area contributed by atoms with Gasteiger partial charge < -0.3 is 9.47 Å². The van der Waals surface area contributed by atoms with Crippen LogP contribution in [0.2, 0.25) is 0 Å². The van der Waals surface area contributed by atoms with Crippen LogP contribution in [0.25, 0.3) is 16.3 Å². The van der Waals surface area contributed by atoms with Crippen molar-refractivity contribution in [1.82, 2.24) is 19.7 Å². The van der Waals surface area contributed by atoms with E-state index in [9.17, 15) is 0 Å². The van der Waals surface area contributed by atoms with Crippen molar-refractivity contribution >= 4 is 23.1 Å². The van der Waals surface area contributed by atoms with Gasteiger partial charge in [-0.3, -0.25) is 4.57 Å². The Balaban J connectivity index is 1.49. The van der Waals surface area contributed by atoms with Crippen molar-refractivity contribution in [3.63, 3.8) is 0 Å². The van der Waals surface area contributed by atoms with Gasteiger partial charge in [0.25, 0.3) is 0 Å². The van der Waals surface area contributed by atoms with Crippen LogP contribution in [-0.2, 0) is 5.75 Å². The van der Waals surface area contributed by atoms with Crippen LogP contribution in [0.5, 0.6) is 11.5 Å². The van der Waals surface area contributed by atoms with E-state index in [0.29, 0.717) is 5.75 Å². The Hall–Kier alpha value is -2.84. The molecule has 4 rings (SSSR count). The largest absolute Gasteiger partial charge is 0.497 e. The Morgan fingerprint density at radius 2 is 1.86 bits per heavy atom. The Labute approximate surface area is 171 Å². The summed E-state index contributed by atoms with van der Waals surface area (Å²) in [7, 11) is 3.32. The highest BCUT2D eigenvalue weighted by Crippen LogP contribution is 2.30. The topological polar surface area (TPSA) is 62.1 Å². The molecule has 2 heterocycles. The molecule has 0 saturated carbocycles. The summed E-state index contributed by atoms with van der Waals surface area (Å²) in [5, 5.41) is 12.2. The van der Waals surface area contributed by atoms with Gasteiger partial charge in [0, 0.05) is 16.7 Å². The number of ether oxygens (including phenoxy) is 2. The summed E-state index contributed by atoms with van der Waals surface area (Å²) in [5.41, 5.74) is 3.00. The fourth-order valence-corrected chi connectivity index (χ4v) is 4.44. The summed E-state index contributed by atoms with van der Waals surface area (Å²) in [6.45, 7) is 0. The SMILES string of the molecule is COc1ccc(-c2nc(CSc3nncn3-c3ccccc3OC)cs2)cc1. The summed E-state index contributed by atoms with van der Waals surface area (Å²) in [6.07, 6.45) is 1.70. The van der Waals surface area contributed by atoms with Crippen molar-refractivity contribution in [3.05, 3.63) is 65.9 Å². The van der Waals surface area contributed by atoms with Gasteiger partial charge in [-0.2, -0.15) is 0 Å². The fraction of sp³-hybridized carbons (Fsp3) is 0.150. The molecular weight excluding hydrogens is 392 g/mol. The standard InChI is InChI=1S/C20H18N4O2S2/c1-25-16-9-7-14(8-10-16)19-22-15(11-27-19)12-28-20-23-21-13-24(20)17-5-3-4-6-18(17)26-2/h3-11,13H,12H2,1-2H3. The number of methoxy groups -OCH3 is 2. The van der Waals surface area contributed by atoms with Crippen LogP contribution in [0, 0.1) is 0 Å². The number of rotatable bonds is 7. The summed E-state index contributed by atoms with van der Waals surface area (Å²) >= 11 is 3.23. The maximum Gasteiger partial charge on any atom is 0.196 e. The molecule has 0 aliphatic rings. The van der Waals surface area contributed by atoms with Gasteiger partial charge in [-0.15, -0.1) is 21.5 Å². The molecule has 6 nitrogen and oxygen atoms in total. The number of thioether (sulfide) groups is 1. The van der Waals surface area contributed by atoms with E-state index in [0.717, 1.165) is 38.6 Å². The number of hydrogen-bond acceptors (Lipinski definition) is 7. The maximum atomic E-state index is 5.45. The van der Waals surface area contributed by atoms with Gasteiger partial charge in [0.15, 0.2) is 5.16 Å². The Morgan fingerprint density at radius 1 is 1.04 bits per heavy atom. The first-order valence-corrected chi connectivity index (χ1v) is 10.4. The number of aromatic nitrogens is 4. The lowest BCUT2D eigenvalue weighted by Gasteiger charge is -2.10. The predicted molar refractivity (Wildman–Crippen MR) is 112 cm³/mol. The summed E-state index contributed by atoms with van der Waals surface area (Å²) in [5.74, 6) is 2.33. The van der Waals surface area contributed by atoms with Crippen molar-refractivity contribution in [1.29, 1.82) is 0 Å². The maximum absolute atomic E-state index is 5.45. The first-order chi connectivity index (χ1) is 13.8. The number of para-hydroxylation sites is 2. The molecule has 0 amide bonds. The first kappa shape index (κ1) is 18.5. The van der Waals surface area contributed by atoms with Gasteiger partial charge >= 0.3 is 0 Å². The monoisotopic (exact) mass is 410 g/mol. The van der Waals surface area contributed by atoms with E-state index in [2.05, 4.69) is 15.6 Å². The second-order valence-electron chi connectivity index (χ2n) is 5.82. The number of benzene rings is 2. The summed E-state index contributed by atoms with van der Waals surface area (Å²) in [4.78, 5) is 4.75. The molecule has 0 fully saturated rings. The molecule has 142 valence electrons. The average molecular weight is 411 g/mol. The molecule has 0 unspecified atom stereocenters. The Kier molecular flexibility index (Phi) is 5.59. The molecule has 2 aromatic carbocycles. The minimum Gasteiger partial charge on any atom is -0.497 e. The minimum atomic E-state index is 0.709. The first-order valence-electron chi connectivity index (χ1n) is 8.53. The molecule has 0 aliphatic heterocycles. The smallest absolute Gasteiger partial charge is 0.196 e. The molecule has 0 atom stereocenters. The molecule has 0 bridgehead atoms. The third kappa shape index (κ3) is 3.88. The second kappa shape index (κ2) is 8.45. The zero-order valence-electron chi connectivity index (χ0n) is 15.4. The van der Waals surface area contributed by atoms with Gasteiger partial charge in [0.1, 0.15) is 22.8 Å². The Bertz CT molecular complexity index is 1060. The van der Waals surface area contributed by atoms with Crippen molar-refractivity contribution in [2.45, 2.75) is 10.9 Å². The lowest BCUT2D eigenvalue weighted by atomic mass is 10.2. The van der Waals surface area contributed by atoms with Gasteiger partial charge in [-0.25, -0.2) is 4.98 Å². The number of thiazole rings is 1. The fourth-order valence-electron chi connectivity index (χ4n) is 2.69. The van der Waals surface area contributed by atoms with Crippen LogP contribution in [-0.4, -0.2) is 34.0 Å². The summed E-state index contributed by atoms with van der Waals surface area (Å²) in [6, 6.07) is 15.7. The molecule has 8 heteroatoms. The number of nitrogens with zero attached hydrogens (tertiary/aromatic N) is 4. The van der Waals surface area contributed by atoms with Crippen molar-refractivity contribution in [2.24, 2.45) is 0 Å². The Morgan fingerprint density at radius 3 is 2.64 bits per heavy atom. The third-order valence-corrected chi connectivity index (χ3v) is 6.02. The highest BCUT2D eigenvalue weighted by molar-refractivity contribution is 7.98. The molecular formula is C20H18N4O2S2. The van der Waals surface area contributed by atoms with E-state index < -0.39 is 0 Å². The quantitative estimate of drug-likeness (QED) is 0.412.